The summed E-state index contributed by atoms with van der Waals surface area (Å²) < 4.78 is 11.0. The van der Waals surface area contributed by atoms with Crippen molar-refractivity contribution in [1.29, 1.82) is 0 Å². The molecule has 1 aliphatic carbocycles. The van der Waals surface area contributed by atoms with Crippen LogP contribution < -0.4 is 14.8 Å². The van der Waals surface area contributed by atoms with Crippen LogP contribution in [0.3, 0.4) is 0 Å². The molecule has 35 heavy (non-hydrogen) atoms. The Bertz CT molecular complexity index is 921. The first-order valence-electron chi connectivity index (χ1n) is 12.9. The molecule has 2 aromatic rings. The highest BCUT2D eigenvalue weighted by atomic mass is 16.5. The fraction of sp³-hybridized carbons (Fsp3) is 0.517. The summed E-state index contributed by atoms with van der Waals surface area (Å²) in [5.74, 6) is 1.47. The van der Waals surface area contributed by atoms with Gasteiger partial charge in [-0.2, -0.15) is 0 Å². The zero-order chi connectivity index (χ0) is 25.0. The van der Waals surface area contributed by atoms with Crippen LogP contribution in [0.25, 0.3) is 0 Å². The third kappa shape index (κ3) is 8.30. The Hall–Kier alpha value is -3.02. The average molecular weight is 481 g/mol. The number of benzene rings is 2. The number of carbonyl (C=O) groups is 2. The van der Waals surface area contributed by atoms with Crippen molar-refractivity contribution >= 4 is 11.8 Å². The fourth-order valence-electron chi connectivity index (χ4n) is 4.58. The molecule has 0 saturated heterocycles. The zero-order valence-corrected chi connectivity index (χ0v) is 21.4. The number of methoxy groups -OCH3 is 1. The summed E-state index contributed by atoms with van der Waals surface area (Å²) in [6, 6.07) is 15.3. The number of nitrogens with one attached hydrogen (secondary N) is 1. The zero-order valence-electron chi connectivity index (χ0n) is 21.4. The molecular weight excluding hydrogens is 440 g/mol. The predicted molar refractivity (Wildman–Crippen MR) is 139 cm³/mol. The van der Waals surface area contributed by atoms with E-state index >= 15 is 0 Å². The molecule has 6 heteroatoms. The van der Waals surface area contributed by atoms with Crippen LogP contribution in [-0.4, -0.2) is 42.5 Å². The minimum atomic E-state index is -0.478. The first kappa shape index (κ1) is 26.6. The summed E-state index contributed by atoms with van der Waals surface area (Å²) in [6.07, 6.45) is 7.08. The highest BCUT2D eigenvalue weighted by Crippen LogP contribution is 2.20. The summed E-state index contributed by atoms with van der Waals surface area (Å²) in [7, 11) is 1.63. The molecule has 6 nitrogen and oxygen atoms in total. The van der Waals surface area contributed by atoms with Gasteiger partial charge in [0.25, 0.3) is 0 Å². The number of ether oxygens (including phenoxy) is 2. The number of rotatable bonds is 12. The second-order valence-electron chi connectivity index (χ2n) is 9.40. The van der Waals surface area contributed by atoms with Crippen LogP contribution in [0.2, 0.25) is 0 Å². The summed E-state index contributed by atoms with van der Waals surface area (Å²) in [5, 5.41) is 3.23. The molecule has 0 unspecified atom stereocenters. The number of nitrogens with zero attached hydrogens (tertiary/aromatic N) is 1. The second-order valence-corrected chi connectivity index (χ2v) is 9.40. The molecule has 190 valence electrons. The van der Waals surface area contributed by atoms with Gasteiger partial charge in [-0.3, -0.25) is 9.59 Å². The topological polar surface area (TPSA) is 67.9 Å². The number of carbonyl (C=O) groups excluding carboxylic acids is 2. The maximum atomic E-state index is 13.4. The van der Waals surface area contributed by atoms with Crippen molar-refractivity contribution in [1.82, 2.24) is 10.2 Å². The van der Waals surface area contributed by atoms with E-state index in [4.69, 9.17) is 9.47 Å². The molecule has 1 atom stereocenters. The molecule has 1 fully saturated rings. The normalized spacial score (nSPS) is 14.7. The molecular formula is C29H40N2O4. The van der Waals surface area contributed by atoms with Crippen LogP contribution in [0.5, 0.6) is 11.5 Å². The minimum Gasteiger partial charge on any atom is -0.497 e. The van der Waals surface area contributed by atoms with Gasteiger partial charge >= 0.3 is 0 Å². The van der Waals surface area contributed by atoms with Crippen molar-refractivity contribution < 1.29 is 19.1 Å². The summed E-state index contributed by atoms with van der Waals surface area (Å²) in [5.41, 5.74) is 2.20. The second kappa shape index (κ2) is 13.8. The highest BCUT2D eigenvalue weighted by Gasteiger charge is 2.30. The van der Waals surface area contributed by atoms with Gasteiger partial charge in [-0.05, 0) is 62.4 Å². The van der Waals surface area contributed by atoms with E-state index in [1.54, 1.807) is 12.0 Å². The van der Waals surface area contributed by atoms with Crippen molar-refractivity contribution in [3.63, 3.8) is 0 Å². The molecule has 3 rings (SSSR count). The lowest BCUT2D eigenvalue weighted by molar-refractivity contribution is -0.142. The maximum Gasteiger partial charge on any atom is 0.243 e. The molecule has 1 aliphatic rings. The molecule has 1 N–H and O–H groups in total. The van der Waals surface area contributed by atoms with Crippen LogP contribution in [0.15, 0.2) is 48.5 Å². The minimum absolute atomic E-state index is 0.0189. The number of amides is 2. The molecule has 0 spiro atoms. The number of aryl methyl sites for hydroxylation is 1. The Labute approximate surface area is 210 Å². The van der Waals surface area contributed by atoms with Gasteiger partial charge in [-0.25, -0.2) is 0 Å². The van der Waals surface area contributed by atoms with Crippen LogP contribution in [0.4, 0.5) is 0 Å². The van der Waals surface area contributed by atoms with E-state index in [2.05, 4.69) is 5.32 Å². The van der Waals surface area contributed by atoms with Crippen LogP contribution >= 0.6 is 0 Å². The maximum absolute atomic E-state index is 13.4. The van der Waals surface area contributed by atoms with E-state index in [-0.39, 0.29) is 17.9 Å². The third-order valence-corrected chi connectivity index (χ3v) is 6.67. The first-order chi connectivity index (χ1) is 17.0. The Morgan fingerprint density at radius 2 is 1.66 bits per heavy atom. The van der Waals surface area contributed by atoms with Gasteiger partial charge < -0.3 is 19.7 Å². The Kier molecular flexibility index (Phi) is 10.5. The van der Waals surface area contributed by atoms with Crippen molar-refractivity contribution in [3.8, 4) is 11.5 Å². The molecule has 2 amide bonds. The summed E-state index contributed by atoms with van der Waals surface area (Å²) >= 11 is 0. The first-order valence-corrected chi connectivity index (χ1v) is 12.9. The van der Waals surface area contributed by atoms with Crippen molar-refractivity contribution in [2.24, 2.45) is 0 Å². The Balaban J connectivity index is 1.62. The van der Waals surface area contributed by atoms with E-state index < -0.39 is 6.04 Å². The third-order valence-electron chi connectivity index (χ3n) is 6.67. The van der Waals surface area contributed by atoms with Crippen molar-refractivity contribution in [3.05, 3.63) is 59.7 Å². The van der Waals surface area contributed by atoms with E-state index in [1.807, 2.05) is 62.4 Å². The quantitative estimate of drug-likeness (QED) is 0.412. The number of hydrogen-bond acceptors (Lipinski definition) is 4. The average Bonchev–Trinajstić information content (AvgIpc) is 2.88. The van der Waals surface area contributed by atoms with Gasteiger partial charge in [0.1, 0.15) is 17.5 Å². The van der Waals surface area contributed by atoms with E-state index in [1.165, 1.54) is 12.0 Å². The molecule has 1 saturated carbocycles. The van der Waals surface area contributed by atoms with Gasteiger partial charge in [0.15, 0.2) is 0 Å². The Morgan fingerprint density at radius 1 is 1.00 bits per heavy atom. The molecule has 0 aromatic heterocycles. The highest BCUT2D eigenvalue weighted by molar-refractivity contribution is 5.87. The van der Waals surface area contributed by atoms with Crippen LogP contribution in [0, 0.1) is 6.92 Å². The van der Waals surface area contributed by atoms with Crippen molar-refractivity contribution in [2.75, 3.05) is 13.7 Å². The fourth-order valence-corrected chi connectivity index (χ4v) is 4.58. The number of hydrogen-bond donors (Lipinski definition) is 1. The molecule has 0 radical (unpaired) electrons. The Morgan fingerprint density at radius 3 is 2.29 bits per heavy atom. The van der Waals surface area contributed by atoms with E-state index in [0.29, 0.717) is 32.4 Å². The van der Waals surface area contributed by atoms with Gasteiger partial charge in [0, 0.05) is 19.0 Å². The predicted octanol–water partition coefficient (Wildman–Crippen LogP) is 5.42. The van der Waals surface area contributed by atoms with Gasteiger partial charge in [-0.1, -0.05) is 56.0 Å². The molecule has 0 aliphatic heterocycles. The SMILES string of the molecule is CC[C@@H](C(=O)NC1CCCCC1)N(Cc1ccc(C)cc1)C(=O)CCCOc1ccc(OC)cc1. The largest absolute Gasteiger partial charge is 0.497 e. The van der Waals surface area contributed by atoms with Crippen molar-refractivity contribution in [2.45, 2.75) is 83.8 Å². The van der Waals surface area contributed by atoms with Crippen LogP contribution in [0.1, 0.15) is 69.4 Å². The summed E-state index contributed by atoms with van der Waals surface area (Å²) in [6.45, 7) is 4.88. The lowest BCUT2D eigenvalue weighted by atomic mass is 9.95. The molecule has 0 bridgehead atoms. The van der Waals surface area contributed by atoms with E-state index in [0.717, 1.165) is 42.7 Å². The standard InChI is InChI=1S/C29H40N2O4/c1-4-27(29(33)30-24-9-6-5-7-10-24)31(21-23-14-12-22(2)13-15-23)28(32)11-8-20-35-26-18-16-25(34-3)17-19-26/h12-19,24,27H,4-11,20-21H2,1-3H3,(H,30,33)/t27-/m0/s1. The molecule has 0 heterocycles. The smallest absolute Gasteiger partial charge is 0.243 e. The lowest BCUT2D eigenvalue weighted by Gasteiger charge is -2.33. The summed E-state index contributed by atoms with van der Waals surface area (Å²) in [4.78, 5) is 28.4. The lowest BCUT2D eigenvalue weighted by Crippen LogP contribution is -2.51. The monoisotopic (exact) mass is 480 g/mol. The van der Waals surface area contributed by atoms with Gasteiger partial charge in [0.2, 0.25) is 11.8 Å². The molecule has 2 aromatic carbocycles. The van der Waals surface area contributed by atoms with Crippen LogP contribution in [-0.2, 0) is 16.1 Å². The van der Waals surface area contributed by atoms with Gasteiger partial charge in [-0.15, -0.1) is 0 Å². The van der Waals surface area contributed by atoms with E-state index in [9.17, 15) is 9.59 Å². The van der Waals surface area contributed by atoms with Gasteiger partial charge in [0.05, 0.1) is 13.7 Å².